The third-order valence-corrected chi connectivity index (χ3v) is 1.98. The second-order valence-corrected chi connectivity index (χ2v) is 2.81. The standard InChI is InChI=1S/C10H14FNO2/c1-13-8-4-3-7(5-6-12)9(11)10(8)14-2/h3-4H,5-6,12H2,1-2H3. The molecule has 14 heavy (non-hydrogen) atoms. The third-order valence-electron chi connectivity index (χ3n) is 1.98. The molecule has 0 atom stereocenters. The number of hydrogen-bond donors (Lipinski definition) is 1. The number of benzene rings is 1. The van der Waals surface area contributed by atoms with Crippen LogP contribution in [-0.4, -0.2) is 20.8 Å². The van der Waals surface area contributed by atoms with Crippen molar-refractivity contribution in [2.75, 3.05) is 20.8 Å². The van der Waals surface area contributed by atoms with Crippen molar-refractivity contribution in [3.05, 3.63) is 23.5 Å². The average molecular weight is 199 g/mol. The molecule has 0 saturated carbocycles. The minimum atomic E-state index is -0.391. The first-order valence-electron chi connectivity index (χ1n) is 4.34. The Bertz CT molecular complexity index is 315. The SMILES string of the molecule is COc1ccc(CCN)c(F)c1OC. The number of ether oxygens (including phenoxy) is 2. The molecule has 0 amide bonds. The molecule has 4 heteroatoms. The first-order valence-corrected chi connectivity index (χ1v) is 4.34. The molecule has 0 radical (unpaired) electrons. The van der Waals surface area contributed by atoms with Crippen LogP contribution in [0.2, 0.25) is 0 Å². The summed E-state index contributed by atoms with van der Waals surface area (Å²) in [6.07, 6.45) is 0.492. The molecule has 0 spiro atoms. The molecule has 0 aliphatic heterocycles. The molecule has 0 aromatic heterocycles. The number of methoxy groups -OCH3 is 2. The number of hydrogen-bond acceptors (Lipinski definition) is 3. The topological polar surface area (TPSA) is 44.5 Å². The van der Waals surface area contributed by atoms with E-state index < -0.39 is 5.82 Å². The molecular weight excluding hydrogens is 185 g/mol. The monoisotopic (exact) mass is 199 g/mol. The van der Waals surface area contributed by atoms with Gasteiger partial charge in [0.2, 0.25) is 0 Å². The van der Waals surface area contributed by atoms with Crippen LogP contribution in [0.25, 0.3) is 0 Å². The summed E-state index contributed by atoms with van der Waals surface area (Å²) >= 11 is 0. The summed E-state index contributed by atoms with van der Waals surface area (Å²) in [6, 6.07) is 3.33. The number of rotatable bonds is 4. The summed E-state index contributed by atoms with van der Waals surface area (Å²) in [6.45, 7) is 0.409. The van der Waals surface area contributed by atoms with Crippen molar-refractivity contribution in [1.82, 2.24) is 0 Å². The molecule has 0 bridgehead atoms. The van der Waals surface area contributed by atoms with Gasteiger partial charge in [0.25, 0.3) is 0 Å². The molecule has 2 N–H and O–H groups in total. The molecule has 1 rings (SSSR count). The van der Waals surface area contributed by atoms with Gasteiger partial charge in [-0.25, -0.2) is 4.39 Å². The lowest BCUT2D eigenvalue weighted by Crippen LogP contribution is -2.06. The van der Waals surface area contributed by atoms with E-state index in [0.29, 0.717) is 24.3 Å². The van der Waals surface area contributed by atoms with Crippen LogP contribution in [0.1, 0.15) is 5.56 Å². The maximum atomic E-state index is 13.6. The predicted molar refractivity (Wildman–Crippen MR) is 52.3 cm³/mol. The second kappa shape index (κ2) is 4.81. The van der Waals surface area contributed by atoms with Gasteiger partial charge in [0.1, 0.15) is 0 Å². The molecule has 3 nitrogen and oxygen atoms in total. The van der Waals surface area contributed by atoms with Gasteiger partial charge < -0.3 is 15.2 Å². The lowest BCUT2D eigenvalue weighted by atomic mass is 10.1. The van der Waals surface area contributed by atoms with Crippen LogP contribution in [-0.2, 0) is 6.42 Å². The van der Waals surface area contributed by atoms with Gasteiger partial charge in [0, 0.05) is 0 Å². The van der Waals surface area contributed by atoms with Gasteiger partial charge >= 0.3 is 0 Å². The molecule has 0 fully saturated rings. The molecule has 0 saturated heterocycles. The maximum Gasteiger partial charge on any atom is 0.197 e. The molecular formula is C10H14FNO2. The summed E-state index contributed by atoms with van der Waals surface area (Å²) in [5.41, 5.74) is 5.90. The van der Waals surface area contributed by atoms with Crippen molar-refractivity contribution in [2.45, 2.75) is 6.42 Å². The quantitative estimate of drug-likeness (QED) is 0.796. The Morgan fingerprint density at radius 1 is 1.29 bits per heavy atom. The highest BCUT2D eigenvalue weighted by molar-refractivity contribution is 5.44. The Balaban J connectivity index is 3.13. The van der Waals surface area contributed by atoms with E-state index in [1.807, 2.05) is 0 Å². The fraction of sp³-hybridized carbons (Fsp3) is 0.400. The zero-order valence-corrected chi connectivity index (χ0v) is 8.34. The second-order valence-electron chi connectivity index (χ2n) is 2.81. The van der Waals surface area contributed by atoms with Gasteiger partial charge in [-0.2, -0.15) is 0 Å². The van der Waals surface area contributed by atoms with E-state index in [0.717, 1.165) is 0 Å². The summed E-state index contributed by atoms with van der Waals surface area (Å²) in [5.74, 6) is 0.140. The fourth-order valence-corrected chi connectivity index (χ4v) is 1.28. The van der Waals surface area contributed by atoms with Crippen LogP contribution in [0, 0.1) is 5.82 Å². The first kappa shape index (κ1) is 10.8. The predicted octanol–water partition coefficient (Wildman–Crippen LogP) is 1.34. The average Bonchev–Trinajstić information content (AvgIpc) is 2.21. The largest absolute Gasteiger partial charge is 0.493 e. The highest BCUT2D eigenvalue weighted by Gasteiger charge is 2.13. The Labute approximate surface area is 82.6 Å². The molecule has 0 aliphatic rings. The highest BCUT2D eigenvalue weighted by atomic mass is 19.1. The molecule has 1 aromatic rings. The van der Waals surface area contributed by atoms with Crippen LogP contribution < -0.4 is 15.2 Å². The molecule has 78 valence electrons. The van der Waals surface area contributed by atoms with Crippen molar-refractivity contribution >= 4 is 0 Å². The van der Waals surface area contributed by atoms with E-state index in [4.69, 9.17) is 15.2 Å². The fourth-order valence-electron chi connectivity index (χ4n) is 1.28. The van der Waals surface area contributed by atoms with E-state index in [1.165, 1.54) is 14.2 Å². The van der Waals surface area contributed by atoms with Crippen molar-refractivity contribution in [3.63, 3.8) is 0 Å². The smallest absolute Gasteiger partial charge is 0.197 e. The van der Waals surface area contributed by atoms with Crippen molar-refractivity contribution in [1.29, 1.82) is 0 Å². The molecule has 0 heterocycles. The zero-order valence-electron chi connectivity index (χ0n) is 8.34. The van der Waals surface area contributed by atoms with Gasteiger partial charge in [-0.1, -0.05) is 6.07 Å². The van der Waals surface area contributed by atoms with E-state index in [2.05, 4.69) is 0 Å². The lowest BCUT2D eigenvalue weighted by Gasteiger charge is -2.10. The van der Waals surface area contributed by atoms with E-state index in [-0.39, 0.29) is 5.75 Å². The normalized spacial score (nSPS) is 10.0. The lowest BCUT2D eigenvalue weighted by molar-refractivity contribution is 0.336. The zero-order chi connectivity index (χ0) is 10.6. The maximum absolute atomic E-state index is 13.6. The van der Waals surface area contributed by atoms with E-state index in [1.54, 1.807) is 12.1 Å². The van der Waals surface area contributed by atoms with Crippen molar-refractivity contribution in [2.24, 2.45) is 5.73 Å². The first-order chi connectivity index (χ1) is 6.74. The van der Waals surface area contributed by atoms with Gasteiger partial charge in [-0.3, -0.25) is 0 Å². The summed E-state index contributed by atoms with van der Waals surface area (Å²) < 4.78 is 23.5. The van der Waals surface area contributed by atoms with Gasteiger partial charge in [0.15, 0.2) is 17.3 Å². The summed E-state index contributed by atoms with van der Waals surface area (Å²) in [7, 11) is 2.88. The Hall–Kier alpha value is -1.29. The number of halogens is 1. The van der Waals surface area contributed by atoms with Crippen LogP contribution >= 0.6 is 0 Å². The van der Waals surface area contributed by atoms with Crippen LogP contribution in [0.5, 0.6) is 11.5 Å². The third kappa shape index (κ3) is 1.96. The van der Waals surface area contributed by atoms with E-state index in [9.17, 15) is 4.39 Å². The Morgan fingerprint density at radius 3 is 2.50 bits per heavy atom. The number of nitrogens with two attached hydrogens (primary N) is 1. The summed E-state index contributed by atoms with van der Waals surface area (Å²) in [4.78, 5) is 0. The molecule has 0 unspecified atom stereocenters. The highest BCUT2D eigenvalue weighted by Crippen LogP contribution is 2.31. The van der Waals surface area contributed by atoms with E-state index >= 15 is 0 Å². The van der Waals surface area contributed by atoms with Crippen LogP contribution in [0.3, 0.4) is 0 Å². The minimum absolute atomic E-state index is 0.137. The molecule has 1 aromatic carbocycles. The Kier molecular flexibility index (Phi) is 3.71. The van der Waals surface area contributed by atoms with Gasteiger partial charge in [0.05, 0.1) is 14.2 Å². The van der Waals surface area contributed by atoms with Gasteiger partial charge in [-0.05, 0) is 24.6 Å². The Morgan fingerprint density at radius 2 is 2.00 bits per heavy atom. The van der Waals surface area contributed by atoms with Gasteiger partial charge in [-0.15, -0.1) is 0 Å². The van der Waals surface area contributed by atoms with Crippen LogP contribution in [0.15, 0.2) is 12.1 Å². The minimum Gasteiger partial charge on any atom is -0.493 e. The summed E-state index contributed by atoms with van der Waals surface area (Å²) in [5, 5.41) is 0. The molecule has 0 aliphatic carbocycles. The van der Waals surface area contributed by atoms with Crippen LogP contribution in [0.4, 0.5) is 4.39 Å². The van der Waals surface area contributed by atoms with Crippen molar-refractivity contribution in [3.8, 4) is 11.5 Å². The van der Waals surface area contributed by atoms with Crippen molar-refractivity contribution < 1.29 is 13.9 Å².